The molecule has 0 fully saturated rings. The lowest BCUT2D eigenvalue weighted by Crippen LogP contribution is -2.40. The summed E-state index contributed by atoms with van der Waals surface area (Å²) in [6.07, 6.45) is -17.2. The molecule has 13 heteroatoms. The number of alkyl halides is 10. The van der Waals surface area contributed by atoms with E-state index in [0.29, 0.717) is 6.92 Å². The first-order valence-corrected chi connectivity index (χ1v) is 7.66. The van der Waals surface area contributed by atoms with Crippen molar-refractivity contribution < 1.29 is 52.3 Å². The van der Waals surface area contributed by atoms with Crippen LogP contribution in [0.1, 0.15) is 26.2 Å². The second kappa shape index (κ2) is 6.63. The van der Waals surface area contributed by atoms with Crippen LogP contribution in [0.4, 0.5) is 43.9 Å². The number of sulfone groups is 1. The van der Waals surface area contributed by atoms with Crippen LogP contribution in [0.3, 0.4) is 0 Å². The minimum Gasteiger partial charge on any atom is -0.229 e. The Balaban J connectivity index is 4.80. The van der Waals surface area contributed by atoms with E-state index in [1.54, 1.807) is 0 Å². The van der Waals surface area contributed by atoms with E-state index in [2.05, 4.69) is 0 Å². The lowest BCUT2D eigenvalue weighted by Gasteiger charge is -2.22. The Morgan fingerprint density at radius 3 is 1.43 bits per heavy atom. The van der Waals surface area contributed by atoms with Gasteiger partial charge in [0.2, 0.25) is 0 Å². The summed E-state index contributed by atoms with van der Waals surface area (Å²) in [5.74, 6) is -12.2. The van der Waals surface area contributed by atoms with E-state index in [1.165, 1.54) is 0 Å². The first kappa shape index (κ1) is 22.2. The summed E-state index contributed by atoms with van der Waals surface area (Å²) in [6, 6.07) is 0. The molecule has 0 aliphatic carbocycles. The highest BCUT2D eigenvalue weighted by atomic mass is 32.2. The maximum absolute atomic E-state index is 12.6. The van der Waals surface area contributed by atoms with Crippen molar-refractivity contribution >= 4 is 9.84 Å². The zero-order valence-corrected chi connectivity index (χ0v) is 12.2. The Morgan fingerprint density at radius 2 is 1.09 bits per heavy atom. The van der Waals surface area contributed by atoms with Crippen LogP contribution in [0.25, 0.3) is 0 Å². The summed E-state index contributed by atoms with van der Waals surface area (Å²) in [7, 11) is -4.70. The fourth-order valence-corrected chi connectivity index (χ4v) is 2.74. The standard InChI is InChI=1S/C10H12F10O2S/c1-6(2-3-7(11,12)9(15,16)17)23(21,22)5-4-8(13,14)10(18,19)20/h6H,2-5H2,1H3. The van der Waals surface area contributed by atoms with Crippen molar-refractivity contribution in [3.05, 3.63) is 0 Å². The third-order valence-electron chi connectivity index (χ3n) is 3.01. The minimum absolute atomic E-state index is 0.660. The van der Waals surface area contributed by atoms with Crippen molar-refractivity contribution in [1.82, 2.24) is 0 Å². The summed E-state index contributed by atoms with van der Waals surface area (Å²) in [4.78, 5) is 0. The van der Waals surface area contributed by atoms with Crippen molar-refractivity contribution in [2.45, 2.75) is 55.6 Å². The Labute approximate surface area is 124 Å². The summed E-state index contributed by atoms with van der Waals surface area (Å²) in [5.41, 5.74) is 0. The van der Waals surface area contributed by atoms with Gasteiger partial charge in [-0.05, 0) is 13.3 Å². The lowest BCUT2D eigenvalue weighted by atomic mass is 10.1. The van der Waals surface area contributed by atoms with Crippen LogP contribution in [0, 0.1) is 0 Å². The molecule has 0 aromatic carbocycles. The molecule has 23 heavy (non-hydrogen) atoms. The first-order valence-electron chi connectivity index (χ1n) is 5.94. The van der Waals surface area contributed by atoms with Crippen molar-refractivity contribution in [2.75, 3.05) is 5.75 Å². The van der Waals surface area contributed by atoms with Gasteiger partial charge in [-0.1, -0.05) is 0 Å². The second-order valence-electron chi connectivity index (χ2n) is 4.87. The molecule has 2 nitrogen and oxygen atoms in total. The zero-order valence-electron chi connectivity index (χ0n) is 11.4. The van der Waals surface area contributed by atoms with Crippen LogP contribution >= 0.6 is 0 Å². The third-order valence-corrected chi connectivity index (χ3v) is 5.24. The minimum atomic E-state index is -5.99. The molecule has 1 unspecified atom stereocenters. The quantitative estimate of drug-likeness (QED) is 0.610. The monoisotopic (exact) mass is 386 g/mol. The summed E-state index contributed by atoms with van der Waals surface area (Å²) < 4.78 is 145. The normalized spacial score (nSPS) is 16.5. The molecule has 0 saturated carbocycles. The molecule has 0 radical (unpaired) electrons. The van der Waals surface area contributed by atoms with E-state index in [1.807, 2.05) is 0 Å². The zero-order chi connectivity index (χ0) is 18.9. The number of rotatable bonds is 7. The topological polar surface area (TPSA) is 34.1 Å². The van der Waals surface area contributed by atoms with Gasteiger partial charge in [0.1, 0.15) is 0 Å². The van der Waals surface area contributed by atoms with Crippen LogP contribution in [-0.4, -0.2) is 43.6 Å². The second-order valence-corrected chi connectivity index (χ2v) is 7.41. The SMILES string of the molecule is CC(CCC(F)(F)C(F)(F)F)S(=O)(=O)CCC(F)(F)C(F)(F)F. The van der Waals surface area contributed by atoms with E-state index in [0.717, 1.165) is 0 Å². The van der Waals surface area contributed by atoms with Gasteiger partial charge in [0.25, 0.3) is 0 Å². The predicted octanol–water partition coefficient (Wildman–Crippen LogP) is 4.36. The number of halogens is 10. The molecule has 0 aliphatic heterocycles. The van der Waals surface area contributed by atoms with Gasteiger partial charge in [0.05, 0.1) is 11.0 Å². The van der Waals surface area contributed by atoms with Gasteiger partial charge >= 0.3 is 24.2 Å². The van der Waals surface area contributed by atoms with Gasteiger partial charge < -0.3 is 0 Å². The molecule has 0 spiro atoms. The summed E-state index contributed by atoms with van der Waals surface area (Å²) in [5, 5.41) is -1.93. The van der Waals surface area contributed by atoms with E-state index in [4.69, 9.17) is 0 Å². The number of hydrogen-bond acceptors (Lipinski definition) is 2. The maximum Gasteiger partial charge on any atom is 0.453 e. The Hall–Kier alpha value is -0.750. The Morgan fingerprint density at radius 1 is 0.739 bits per heavy atom. The van der Waals surface area contributed by atoms with Crippen molar-refractivity contribution in [3.63, 3.8) is 0 Å². The van der Waals surface area contributed by atoms with Crippen LogP contribution in [-0.2, 0) is 9.84 Å². The molecule has 0 bridgehead atoms. The van der Waals surface area contributed by atoms with Crippen molar-refractivity contribution in [1.29, 1.82) is 0 Å². The smallest absolute Gasteiger partial charge is 0.229 e. The third kappa shape index (κ3) is 5.99. The fraction of sp³-hybridized carbons (Fsp3) is 1.00. The molecule has 0 saturated heterocycles. The highest BCUT2D eigenvalue weighted by Gasteiger charge is 2.58. The van der Waals surface area contributed by atoms with Crippen LogP contribution in [0.5, 0.6) is 0 Å². The average Bonchev–Trinajstić information content (AvgIpc) is 2.31. The van der Waals surface area contributed by atoms with E-state index in [-0.39, 0.29) is 0 Å². The molecule has 0 rings (SSSR count). The van der Waals surface area contributed by atoms with E-state index in [9.17, 15) is 52.3 Å². The largest absolute Gasteiger partial charge is 0.453 e. The van der Waals surface area contributed by atoms with Crippen molar-refractivity contribution in [2.24, 2.45) is 0 Å². The molecule has 0 aromatic rings. The van der Waals surface area contributed by atoms with Gasteiger partial charge in [0, 0.05) is 12.8 Å². The lowest BCUT2D eigenvalue weighted by molar-refractivity contribution is -0.284. The fourth-order valence-electron chi connectivity index (χ4n) is 1.32. The highest BCUT2D eigenvalue weighted by molar-refractivity contribution is 7.92. The van der Waals surface area contributed by atoms with Gasteiger partial charge in [-0.2, -0.15) is 43.9 Å². The Kier molecular flexibility index (Phi) is 6.41. The molecule has 0 N–H and O–H groups in total. The number of hydrogen-bond donors (Lipinski definition) is 0. The molecule has 1 atom stereocenters. The maximum atomic E-state index is 12.6. The molecule has 140 valence electrons. The molecule has 0 amide bonds. The van der Waals surface area contributed by atoms with Gasteiger partial charge in [0.15, 0.2) is 9.84 Å². The summed E-state index contributed by atoms with van der Waals surface area (Å²) in [6.45, 7) is 0.660. The molecule has 0 heterocycles. The van der Waals surface area contributed by atoms with Crippen LogP contribution in [0.2, 0.25) is 0 Å². The van der Waals surface area contributed by atoms with Crippen LogP contribution < -0.4 is 0 Å². The van der Waals surface area contributed by atoms with Gasteiger partial charge in [-0.3, -0.25) is 0 Å². The van der Waals surface area contributed by atoms with Crippen LogP contribution in [0.15, 0.2) is 0 Å². The molecular formula is C10H12F10O2S. The molecule has 0 aromatic heterocycles. The summed E-state index contributed by atoms with van der Waals surface area (Å²) >= 11 is 0. The van der Waals surface area contributed by atoms with E-state index < -0.39 is 64.3 Å². The average molecular weight is 386 g/mol. The van der Waals surface area contributed by atoms with Crippen molar-refractivity contribution in [3.8, 4) is 0 Å². The van der Waals surface area contributed by atoms with Gasteiger partial charge in [-0.15, -0.1) is 0 Å². The van der Waals surface area contributed by atoms with E-state index >= 15 is 0 Å². The highest BCUT2D eigenvalue weighted by Crippen LogP contribution is 2.40. The first-order chi connectivity index (χ1) is 9.83. The van der Waals surface area contributed by atoms with Gasteiger partial charge in [-0.25, -0.2) is 8.42 Å². The molecular weight excluding hydrogens is 374 g/mol. The molecule has 0 aliphatic rings. The Bertz CT molecular complexity index is 491. The predicted molar refractivity (Wildman–Crippen MR) is 59.1 cm³/mol.